The van der Waals surface area contributed by atoms with Crippen molar-refractivity contribution in [3.05, 3.63) is 65.7 Å². The van der Waals surface area contributed by atoms with Gasteiger partial charge in [0.05, 0.1) is 0 Å². The van der Waals surface area contributed by atoms with Gasteiger partial charge in [0.15, 0.2) is 0 Å². The molecule has 2 N–H and O–H groups in total. The molecule has 0 heterocycles. The summed E-state index contributed by atoms with van der Waals surface area (Å²) >= 11 is -0.826. The summed E-state index contributed by atoms with van der Waals surface area (Å²) in [6, 6.07) is 20.0. The van der Waals surface area contributed by atoms with E-state index in [1.165, 1.54) is 65.1 Å². The zero-order valence-electron chi connectivity index (χ0n) is 15.3. The van der Waals surface area contributed by atoms with Crippen LogP contribution in [0.25, 0.3) is 21.9 Å². The zero-order chi connectivity index (χ0) is 18.8. The van der Waals surface area contributed by atoms with Gasteiger partial charge in [-0.25, -0.2) is 0 Å². The van der Waals surface area contributed by atoms with Gasteiger partial charge in [0, 0.05) is 6.54 Å². The molecule has 0 saturated heterocycles. The van der Waals surface area contributed by atoms with Crippen LogP contribution in [0.1, 0.15) is 43.7 Å². The second-order valence-electron chi connectivity index (χ2n) is 6.46. The van der Waals surface area contributed by atoms with Gasteiger partial charge in [-0.15, -0.1) is 34.5 Å². The Bertz CT molecular complexity index is 780. The molecular weight excluding hydrogens is 440 g/mol. The first-order valence-electron chi connectivity index (χ1n) is 9.17. The van der Waals surface area contributed by atoms with Crippen molar-refractivity contribution in [1.82, 2.24) is 0 Å². The summed E-state index contributed by atoms with van der Waals surface area (Å²) in [6.45, 7) is 2.86. The molecule has 0 amide bonds. The van der Waals surface area contributed by atoms with Crippen LogP contribution in [0.2, 0.25) is 0 Å². The summed E-state index contributed by atoms with van der Waals surface area (Å²) in [5.41, 5.74) is 11.0. The summed E-state index contributed by atoms with van der Waals surface area (Å²) in [6.07, 6.45) is 6.47. The number of halogens is 2. The Balaban J connectivity index is 0.000000758. The average Bonchev–Trinajstić information content (AvgIpc) is 3.09. The maximum absolute atomic E-state index is 5.70. The van der Waals surface area contributed by atoms with E-state index in [2.05, 4.69) is 61.5 Å². The number of fused-ring (bicyclic) bond motifs is 1. The zero-order valence-corrected chi connectivity index (χ0v) is 19.2. The molecule has 0 aliphatic carbocycles. The summed E-state index contributed by atoms with van der Waals surface area (Å²) in [5, 5.41) is 2.73. The van der Waals surface area contributed by atoms with Gasteiger partial charge in [-0.3, -0.25) is 0 Å². The molecule has 0 spiro atoms. The van der Waals surface area contributed by atoms with Crippen LogP contribution in [0.3, 0.4) is 0 Å². The van der Waals surface area contributed by atoms with E-state index in [0.717, 1.165) is 0 Å². The van der Waals surface area contributed by atoms with Gasteiger partial charge in [-0.1, -0.05) is 68.5 Å². The van der Waals surface area contributed by atoms with Crippen LogP contribution in [0.15, 0.2) is 54.6 Å². The minimum atomic E-state index is -0.826. The van der Waals surface area contributed by atoms with Crippen molar-refractivity contribution < 1.29 is 20.8 Å². The van der Waals surface area contributed by atoms with Crippen LogP contribution in [-0.4, -0.2) is 0 Å². The topological polar surface area (TPSA) is 26.0 Å². The Hall–Kier alpha value is -0.527. The van der Waals surface area contributed by atoms with E-state index in [-0.39, 0.29) is 0 Å². The Kier molecular flexibility index (Phi) is 10.1. The Morgan fingerprint density at radius 3 is 2.38 bits per heavy atom. The van der Waals surface area contributed by atoms with Crippen molar-refractivity contribution >= 4 is 27.8 Å². The first-order chi connectivity index (χ1) is 12.7. The third-order valence-corrected chi connectivity index (χ3v) is 4.63. The van der Waals surface area contributed by atoms with Crippen molar-refractivity contribution in [2.75, 3.05) is 0 Å². The van der Waals surface area contributed by atoms with Gasteiger partial charge in [0.2, 0.25) is 0 Å². The van der Waals surface area contributed by atoms with Gasteiger partial charge in [-0.05, 0) is 17.5 Å². The molecule has 0 fully saturated rings. The van der Waals surface area contributed by atoms with Gasteiger partial charge >= 0.3 is 37.9 Å². The van der Waals surface area contributed by atoms with Crippen molar-refractivity contribution in [1.29, 1.82) is 0 Å². The van der Waals surface area contributed by atoms with E-state index >= 15 is 0 Å². The van der Waals surface area contributed by atoms with Crippen LogP contribution in [0, 0.1) is 0 Å². The van der Waals surface area contributed by atoms with Gasteiger partial charge in [0.25, 0.3) is 0 Å². The fourth-order valence-corrected chi connectivity index (χ4v) is 3.27. The van der Waals surface area contributed by atoms with Crippen LogP contribution in [0.5, 0.6) is 0 Å². The van der Waals surface area contributed by atoms with E-state index in [1.54, 1.807) is 0 Å². The molecule has 1 nitrogen and oxygen atoms in total. The molecule has 3 aromatic carbocycles. The predicted molar refractivity (Wildman–Crippen MR) is 112 cm³/mol. The molecule has 26 heavy (non-hydrogen) atoms. The molecule has 0 saturated carbocycles. The quantitative estimate of drug-likeness (QED) is 0.290. The summed E-state index contributed by atoms with van der Waals surface area (Å²) in [7, 11) is 9.87. The number of hydrogen-bond donors (Lipinski definition) is 1. The van der Waals surface area contributed by atoms with Crippen molar-refractivity contribution in [3.63, 3.8) is 0 Å². The minimum absolute atomic E-state index is 0.600. The van der Waals surface area contributed by atoms with Crippen molar-refractivity contribution in [2.24, 2.45) is 5.73 Å². The third kappa shape index (κ3) is 6.27. The van der Waals surface area contributed by atoms with Crippen LogP contribution in [0.4, 0.5) is 0 Å². The van der Waals surface area contributed by atoms with Gasteiger partial charge in [-0.2, -0.15) is 6.07 Å². The van der Waals surface area contributed by atoms with E-state index in [1.807, 2.05) is 0 Å². The molecule has 0 aliphatic heterocycles. The molecule has 0 aliphatic rings. The number of nitrogens with two attached hydrogens (primary N) is 1. The van der Waals surface area contributed by atoms with E-state index in [9.17, 15) is 0 Å². The number of unbranched alkanes of at least 4 members (excludes halogenated alkanes) is 3. The van der Waals surface area contributed by atoms with Crippen molar-refractivity contribution in [3.8, 4) is 11.1 Å². The molecule has 0 unspecified atom stereocenters. The predicted octanol–water partition coefficient (Wildman–Crippen LogP) is 7.18. The fourth-order valence-electron chi connectivity index (χ4n) is 3.27. The number of hydrogen-bond acceptors (Lipinski definition) is 1. The number of rotatable bonds is 7. The van der Waals surface area contributed by atoms with Gasteiger partial charge < -0.3 is 5.73 Å². The second-order valence-corrected chi connectivity index (χ2v) is 10.2. The Morgan fingerprint density at radius 1 is 1.00 bits per heavy atom. The summed E-state index contributed by atoms with van der Waals surface area (Å²) in [4.78, 5) is 0. The van der Waals surface area contributed by atoms with Crippen LogP contribution < -0.4 is 5.73 Å². The second kappa shape index (κ2) is 12.0. The molecule has 0 radical (unpaired) electrons. The average molecular weight is 467 g/mol. The van der Waals surface area contributed by atoms with Gasteiger partial charge in [0.1, 0.15) is 0 Å². The molecule has 138 valence electrons. The van der Waals surface area contributed by atoms with Crippen molar-refractivity contribution in [2.45, 2.75) is 45.6 Å². The molecule has 0 bridgehead atoms. The SMILES string of the molecule is CCCCCCc1cc2c(-c3ccc(CN)cc3)cccc2[cH-]1.[Cl][Zr][Cl]. The first kappa shape index (κ1) is 21.8. The summed E-state index contributed by atoms with van der Waals surface area (Å²) < 4.78 is 0. The molecule has 3 rings (SSSR count). The monoisotopic (exact) mass is 464 g/mol. The number of benzene rings is 2. The molecule has 0 aromatic heterocycles. The van der Waals surface area contributed by atoms with E-state index in [0.29, 0.717) is 6.54 Å². The third-order valence-electron chi connectivity index (χ3n) is 4.63. The molecule has 4 heteroatoms. The standard InChI is InChI=1S/C22H26N.2ClH.Zr/c1-2-3-4-5-7-18-14-20-8-6-9-21(22(20)15-18)19-12-10-17(16-23)11-13-19;;;/h6,8-15H,2-5,7,16,23H2,1H3;2*1H;/q-1;;;+2/p-2. The molecular formula is C22H26Cl2NZr-. The first-order valence-corrected chi connectivity index (χ1v) is 15.5. The fraction of sp³-hybridized carbons (Fsp3) is 0.318. The van der Waals surface area contributed by atoms with Crippen LogP contribution >= 0.6 is 17.0 Å². The molecule has 0 atom stereocenters. The molecule has 3 aromatic rings. The Labute approximate surface area is 175 Å². The Morgan fingerprint density at radius 2 is 1.73 bits per heavy atom. The normalized spacial score (nSPS) is 10.5. The summed E-state index contributed by atoms with van der Waals surface area (Å²) in [5.74, 6) is 0. The van der Waals surface area contributed by atoms with E-state index < -0.39 is 20.8 Å². The van der Waals surface area contributed by atoms with E-state index in [4.69, 9.17) is 22.8 Å². The maximum atomic E-state index is 5.70. The number of aryl methyl sites for hydroxylation is 1. The van der Waals surface area contributed by atoms with Crippen LogP contribution in [-0.2, 0) is 33.8 Å².